The van der Waals surface area contributed by atoms with Crippen LogP contribution in [-0.4, -0.2) is 44.8 Å². The number of amides is 2. The number of hydrogen-bond donors (Lipinski definition) is 3. The number of H-pyrrole nitrogens is 1. The van der Waals surface area contributed by atoms with Gasteiger partial charge in [0, 0.05) is 18.0 Å². The third-order valence-electron chi connectivity index (χ3n) is 4.78. The summed E-state index contributed by atoms with van der Waals surface area (Å²) in [4.78, 5) is 28.9. The number of rotatable bonds is 5. The Hall–Kier alpha value is -3.29. The fraction of sp³-hybridized carbons (Fsp3) is 0.316. The summed E-state index contributed by atoms with van der Waals surface area (Å²) in [6.07, 6.45) is 0.827. The van der Waals surface area contributed by atoms with Gasteiger partial charge in [-0.25, -0.2) is 4.98 Å². The Balaban J connectivity index is 1.31. The number of aromatic nitrogens is 4. The molecule has 27 heavy (non-hydrogen) atoms. The predicted molar refractivity (Wildman–Crippen MR) is 99.3 cm³/mol. The highest BCUT2D eigenvalue weighted by atomic mass is 16.2. The number of nitrogens with zero attached hydrogens (tertiary/aromatic N) is 3. The Labute approximate surface area is 155 Å². The van der Waals surface area contributed by atoms with Crippen LogP contribution in [-0.2, 0) is 0 Å². The van der Waals surface area contributed by atoms with Crippen molar-refractivity contribution in [2.75, 3.05) is 6.54 Å². The molecule has 1 aliphatic carbocycles. The summed E-state index contributed by atoms with van der Waals surface area (Å²) < 4.78 is 0. The highest BCUT2D eigenvalue weighted by Gasteiger charge is 2.39. The molecular weight excluding hydrogens is 344 g/mol. The van der Waals surface area contributed by atoms with E-state index in [1.165, 1.54) is 0 Å². The summed E-state index contributed by atoms with van der Waals surface area (Å²) in [5.74, 6) is -0.235. The van der Waals surface area contributed by atoms with Crippen LogP contribution in [0.1, 0.15) is 38.7 Å². The smallest absolute Gasteiger partial charge is 0.273 e. The first-order valence-corrected chi connectivity index (χ1v) is 8.85. The van der Waals surface area contributed by atoms with Crippen LogP contribution in [0.5, 0.6) is 0 Å². The van der Waals surface area contributed by atoms with Crippen molar-refractivity contribution in [3.8, 4) is 0 Å². The van der Waals surface area contributed by atoms with Crippen LogP contribution >= 0.6 is 0 Å². The fourth-order valence-corrected chi connectivity index (χ4v) is 3.07. The SMILES string of the molecule is Cc1ccc2nc(C(=O)NCC3CC3NC(=O)c3n[nH]nc3C)ccc2c1. The largest absolute Gasteiger partial charge is 0.350 e. The van der Waals surface area contributed by atoms with Crippen molar-refractivity contribution in [3.05, 3.63) is 53.0 Å². The van der Waals surface area contributed by atoms with Crippen molar-refractivity contribution in [1.29, 1.82) is 0 Å². The number of pyridine rings is 1. The van der Waals surface area contributed by atoms with E-state index >= 15 is 0 Å². The molecule has 0 aliphatic heterocycles. The average molecular weight is 364 g/mol. The van der Waals surface area contributed by atoms with Crippen LogP contribution in [0, 0.1) is 19.8 Å². The van der Waals surface area contributed by atoms with Gasteiger partial charge in [-0.15, -0.1) is 0 Å². The molecule has 2 aromatic heterocycles. The number of aromatic amines is 1. The first kappa shape index (κ1) is 17.1. The third kappa shape index (κ3) is 3.64. The standard InChI is InChI=1S/C19H20N6O2/c1-10-3-5-14-12(7-10)4-6-15(21-14)18(26)20-9-13-8-16(13)22-19(27)17-11(2)23-25-24-17/h3-7,13,16H,8-9H2,1-2H3,(H,20,26)(H,22,27)(H,23,24,25). The molecular formula is C19H20N6O2. The minimum atomic E-state index is -0.244. The van der Waals surface area contributed by atoms with Crippen LogP contribution in [0.4, 0.5) is 0 Å². The lowest BCUT2D eigenvalue weighted by molar-refractivity contribution is 0.0943. The lowest BCUT2D eigenvalue weighted by atomic mass is 10.1. The molecule has 8 nitrogen and oxygen atoms in total. The van der Waals surface area contributed by atoms with E-state index in [2.05, 4.69) is 31.0 Å². The highest BCUT2D eigenvalue weighted by Crippen LogP contribution is 2.29. The van der Waals surface area contributed by atoms with E-state index in [4.69, 9.17) is 0 Å². The maximum Gasteiger partial charge on any atom is 0.273 e. The van der Waals surface area contributed by atoms with E-state index in [9.17, 15) is 9.59 Å². The van der Waals surface area contributed by atoms with E-state index < -0.39 is 0 Å². The second-order valence-electron chi connectivity index (χ2n) is 6.94. The van der Waals surface area contributed by atoms with Crippen molar-refractivity contribution in [1.82, 2.24) is 31.0 Å². The molecule has 2 atom stereocenters. The summed E-state index contributed by atoms with van der Waals surface area (Å²) in [5.41, 5.74) is 3.22. The molecule has 3 N–H and O–H groups in total. The lowest BCUT2D eigenvalue weighted by Gasteiger charge is -2.06. The number of aryl methyl sites for hydroxylation is 2. The fourth-order valence-electron chi connectivity index (χ4n) is 3.07. The van der Waals surface area contributed by atoms with E-state index in [0.717, 1.165) is 22.9 Å². The zero-order valence-corrected chi connectivity index (χ0v) is 15.1. The number of benzene rings is 1. The van der Waals surface area contributed by atoms with Gasteiger partial charge in [0.2, 0.25) is 0 Å². The Morgan fingerprint density at radius 1 is 1.15 bits per heavy atom. The number of nitrogens with one attached hydrogen (secondary N) is 3. The molecule has 1 saturated carbocycles. The molecule has 138 valence electrons. The van der Waals surface area contributed by atoms with Crippen molar-refractivity contribution < 1.29 is 9.59 Å². The predicted octanol–water partition coefficient (Wildman–Crippen LogP) is 1.52. The van der Waals surface area contributed by atoms with Gasteiger partial charge in [-0.05, 0) is 44.4 Å². The van der Waals surface area contributed by atoms with Crippen LogP contribution < -0.4 is 10.6 Å². The molecule has 0 saturated heterocycles. The van der Waals surface area contributed by atoms with Crippen molar-refractivity contribution in [2.24, 2.45) is 5.92 Å². The summed E-state index contributed by atoms with van der Waals surface area (Å²) in [6.45, 7) is 4.24. The Morgan fingerprint density at radius 3 is 2.78 bits per heavy atom. The van der Waals surface area contributed by atoms with Gasteiger partial charge in [0.15, 0.2) is 5.69 Å². The van der Waals surface area contributed by atoms with Gasteiger partial charge in [-0.2, -0.15) is 15.4 Å². The number of fused-ring (bicyclic) bond motifs is 1. The first-order chi connectivity index (χ1) is 13.0. The van der Waals surface area contributed by atoms with Gasteiger partial charge >= 0.3 is 0 Å². The van der Waals surface area contributed by atoms with Crippen molar-refractivity contribution in [2.45, 2.75) is 26.3 Å². The van der Waals surface area contributed by atoms with Crippen LogP contribution in [0.2, 0.25) is 0 Å². The monoisotopic (exact) mass is 364 g/mol. The summed E-state index contributed by atoms with van der Waals surface area (Å²) in [5, 5.41) is 16.9. The molecule has 8 heteroatoms. The number of carbonyl (C=O) groups excluding carboxylic acids is 2. The third-order valence-corrected chi connectivity index (χ3v) is 4.78. The molecule has 0 spiro atoms. The molecule has 2 amide bonds. The van der Waals surface area contributed by atoms with Gasteiger partial charge in [0.05, 0.1) is 11.2 Å². The molecule has 1 fully saturated rings. The van der Waals surface area contributed by atoms with Gasteiger partial charge in [0.25, 0.3) is 11.8 Å². The molecule has 1 aromatic carbocycles. The van der Waals surface area contributed by atoms with Gasteiger partial charge in [0.1, 0.15) is 5.69 Å². The minimum Gasteiger partial charge on any atom is -0.350 e. The normalized spacial score (nSPS) is 18.3. The van der Waals surface area contributed by atoms with Crippen LogP contribution in [0.15, 0.2) is 30.3 Å². The Morgan fingerprint density at radius 2 is 2.00 bits per heavy atom. The van der Waals surface area contributed by atoms with Crippen molar-refractivity contribution in [3.63, 3.8) is 0 Å². The molecule has 3 aromatic rings. The second kappa shape index (κ2) is 6.79. The van der Waals surface area contributed by atoms with E-state index in [1.807, 2.05) is 31.2 Å². The van der Waals surface area contributed by atoms with E-state index in [0.29, 0.717) is 23.6 Å². The Bertz CT molecular complexity index is 1030. The molecule has 1 aliphatic rings. The topological polar surface area (TPSA) is 113 Å². The first-order valence-electron chi connectivity index (χ1n) is 8.85. The zero-order chi connectivity index (χ0) is 19.0. The number of hydrogen-bond acceptors (Lipinski definition) is 5. The zero-order valence-electron chi connectivity index (χ0n) is 15.1. The van der Waals surface area contributed by atoms with E-state index in [1.54, 1.807) is 13.0 Å². The Kier molecular flexibility index (Phi) is 4.31. The molecule has 4 rings (SSSR count). The molecule has 2 unspecified atom stereocenters. The number of carbonyl (C=O) groups is 2. The quantitative estimate of drug-likeness (QED) is 0.635. The maximum absolute atomic E-state index is 12.4. The van der Waals surface area contributed by atoms with Gasteiger partial charge < -0.3 is 10.6 Å². The van der Waals surface area contributed by atoms with Crippen molar-refractivity contribution >= 4 is 22.7 Å². The lowest BCUT2D eigenvalue weighted by Crippen LogP contribution is -2.32. The van der Waals surface area contributed by atoms with Gasteiger partial charge in [-0.3, -0.25) is 9.59 Å². The maximum atomic E-state index is 12.4. The van der Waals surface area contributed by atoms with Gasteiger partial charge in [-0.1, -0.05) is 17.7 Å². The molecule has 0 radical (unpaired) electrons. The summed E-state index contributed by atoms with van der Waals surface area (Å²) in [7, 11) is 0. The van der Waals surface area contributed by atoms with E-state index in [-0.39, 0.29) is 23.8 Å². The molecule has 0 bridgehead atoms. The average Bonchev–Trinajstić information content (AvgIpc) is 3.25. The highest BCUT2D eigenvalue weighted by molar-refractivity contribution is 5.95. The summed E-state index contributed by atoms with van der Waals surface area (Å²) >= 11 is 0. The second-order valence-corrected chi connectivity index (χ2v) is 6.94. The van der Waals surface area contributed by atoms with Crippen LogP contribution in [0.25, 0.3) is 10.9 Å². The summed E-state index contributed by atoms with van der Waals surface area (Å²) in [6, 6.07) is 9.62. The molecule has 2 heterocycles. The minimum absolute atomic E-state index is 0.0430. The van der Waals surface area contributed by atoms with Crippen LogP contribution in [0.3, 0.4) is 0 Å².